The highest BCUT2D eigenvalue weighted by Gasteiger charge is 2.54. The van der Waals surface area contributed by atoms with E-state index in [4.69, 9.17) is 22.4 Å². The van der Waals surface area contributed by atoms with Gasteiger partial charge in [0.2, 0.25) is 11.9 Å². The second-order valence-corrected chi connectivity index (χ2v) is 6.49. The molecule has 0 saturated carbocycles. The number of nitrogens with two attached hydrogens (primary N) is 1. The first-order chi connectivity index (χ1) is 10.9. The second kappa shape index (κ2) is 5.78. The summed E-state index contributed by atoms with van der Waals surface area (Å²) in [5, 5.41) is 11.4. The van der Waals surface area contributed by atoms with E-state index in [9.17, 15) is 14.4 Å². The molecule has 3 heterocycles. The van der Waals surface area contributed by atoms with E-state index in [0.717, 1.165) is 4.90 Å². The number of β-lactam (4-membered cyclic amide) rings is 1. The number of anilines is 1. The molecule has 2 amide bonds. The average Bonchev–Trinajstić information content (AvgIpc) is 2.89. The summed E-state index contributed by atoms with van der Waals surface area (Å²) in [6.45, 7) is -0.0740. The number of aliphatic carboxylic acids is 1. The van der Waals surface area contributed by atoms with Gasteiger partial charge in [0, 0.05) is 18.1 Å². The van der Waals surface area contributed by atoms with Crippen molar-refractivity contribution >= 4 is 47.1 Å². The number of thioether (sulfide) groups is 1. The van der Waals surface area contributed by atoms with Crippen LogP contribution < -0.4 is 11.1 Å². The molecule has 122 valence electrons. The molecule has 2 atom stereocenters. The number of imidazole rings is 1. The molecule has 11 heteroatoms. The maximum absolute atomic E-state index is 12.2. The summed E-state index contributed by atoms with van der Waals surface area (Å²) in [6, 6.07) is -0.781. The van der Waals surface area contributed by atoms with Crippen LogP contribution in [0.2, 0.25) is 0 Å². The van der Waals surface area contributed by atoms with Crippen LogP contribution in [0.15, 0.2) is 23.1 Å². The largest absolute Gasteiger partial charge is 0.477 e. The van der Waals surface area contributed by atoms with Crippen LogP contribution >= 0.6 is 23.4 Å². The van der Waals surface area contributed by atoms with Gasteiger partial charge < -0.3 is 20.7 Å². The number of amides is 2. The lowest BCUT2D eigenvalue weighted by molar-refractivity contribution is -0.150. The molecule has 0 aromatic carbocycles. The molecule has 3 rings (SSSR count). The zero-order valence-corrected chi connectivity index (χ0v) is 13.2. The van der Waals surface area contributed by atoms with Crippen LogP contribution in [0.1, 0.15) is 0 Å². The van der Waals surface area contributed by atoms with Crippen molar-refractivity contribution in [3.8, 4) is 0 Å². The Morgan fingerprint density at radius 2 is 2.30 bits per heavy atom. The molecule has 0 unspecified atom stereocenters. The van der Waals surface area contributed by atoms with Crippen molar-refractivity contribution in [3.05, 3.63) is 23.1 Å². The van der Waals surface area contributed by atoms with Crippen LogP contribution in [0.4, 0.5) is 5.95 Å². The van der Waals surface area contributed by atoms with Gasteiger partial charge in [-0.3, -0.25) is 14.5 Å². The number of nitrogens with one attached hydrogen (secondary N) is 1. The number of halogens is 1. The number of carboxylic acid groups (broad SMARTS) is 1. The minimum Gasteiger partial charge on any atom is -0.477 e. The molecule has 4 N–H and O–H groups in total. The lowest BCUT2D eigenvalue weighted by atomic mass is 10.1. The maximum Gasteiger partial charge on any atom is 0.353 e. The minimum atomic E-state index is -1.26. The van der Waals surface area contributed by atoms with Gasteiger partial charge in [0.05, 0.1) is 5.03 Å². The second-order valence-electron chi connectivity index (χ2n) is 4.93. The van der Waals surface area contributed by atoms with Crippen LogP contribution in [-0.4, -0.2) is 54.5 Å². The van der Waals surface area contributed by atoms with Gasteiger partial charge in [-0.05, 0) is 0 Å². The topological polar surface area (TPSA) is 131 Å². The molecule has 0 spiro atoms. The van der Waals surface area contributed by atoms with Gasteiger partial charge in [-0.15, -0.1) is 11.8 Å². The number of rotatable bonds is 4. The van der Waals surface area contributed by atoms with Gasteiger partial charge in [-0.25, -0.2) is 9.78 Å². The number of carbonyl (C=O) groups is 3. The molecule has 2 aliphatic rings. The van der Waals surface area contributed by atoms with E-state index >= 15 is 0 Å². The van der Waals surface area contributed by atoms with E-state index in [1.807, 2.05) is 0 Å². The van der Waals surface area contributed by atoms with Gasteiger partial charge in [0.25, 0.3) is 5.91 Å². The van der Waals surface area contributed by atoms with Crippen LogP contribution in [0.3, 0.4) is 0 Å². The Kier molecular flexibility index (Phi) is 3.94. The third-order valence-corrected chi connectivity index (χ3v) is 5.25. The van der Waals surface area contributed by atoms with Crippen LogP contribution in [-0.2, 0) is 20.9 Å². The van der Waals surface area contributed by atoms with Crippen molar-refractivity contribution in [1.82, 2.24) is 19.8 Å². The Balaban J connectivity index is 1.68. The van der Waals surface area contributed by atoms with Crippen LogP contribution in [0.25, 0.3) is 0 Å². The first-order valence-corrected chi connectivity index (χ1v) is 7.95. The molecular weight excluding hydrogens is 346 g/mol. The summed E-state index contributed by atoms with van der Waals surface area (Å²) in [6.07, 6.45) is 3.01. The summed E-state index contributed by atoms with van der Waals surface area (Å²) < 4.78 is 1.43. The van der Waals surface area contributed by atoms with Crippen molar-refractivity contribution < 1.29 is 19.5 Å². The molecule has 0 radical (unpaired) electrons. The van der Waals surface area contributed by atoms with Crippen molar-refractivity contribution in [2.24, 2.45) is 0 Å². The Morgan fingerprint density at radius 3 is 2.91 bits per heavy atom. The van der Waals surface area contributed by atoms with E-state index in [1.54, 1.807) is 6.20 Å². The van der Waals surface area contributed by atoms with E-state index < -0.39 is 29.2 Å². The number of hydrogen-bond donors (Lipinski definition) is 3. The molecular formula is C12H12ClN5O4S. The molecule has 1 saturated heterocycles. The fourth-order valence-electron chi connectivity index (χ4n) is 2.43. The summed E-state index contributed by atoms with van der Waals surface area (Å²) in [4.78, 5) is 40.3. The number of fused-ring (bicyclic) bond motifs is 1. The quantitative estimate of drug-likeness (QED) is 0.613. The highest BCUT2D eigenvalue weighted by atomic mass is 35.5. The lowest BCUT2D eigenvalue weighted by Crippen LogP contribution is -2.70. The van der Waals surface area contributed by atoms with Gasteiger partial charge in [0.1, 0.15) is 23.7 Å². The highest BCUT2D eigenvalue weighted by Crippen LogP contribution is 2.41. The van der Waals surface area contributed by atoms with Gasteiger partial charge in [-0.1, -0.05) is 11.6 Å². The SMILES string of the molecule is Nc1nccn1CC(=O)N[C@@H]1C(=O)N2C(C(=O)O)=C(Cl)CS[C@@H]12. The van der Waals surface area contributed by atoms with Crippen LogP contribution in [0, 0.1) is 0 Å². The van der Waals surface area contributed by atoms with Crippen molar-refractivity contribution in [2.75, 3.05) is 11.5 Å². The van der Waals surface area contributed by atoms with E-state index in [2.05, 4.69) is 10.3 Å². The van der Waals surface area contributed by atoms with Gasteiger partial charge in [0.15, 0.2) is 0 Å². The number of hydrogen-bond acceptors (Lipinski definition) is 6. The van der Waals surface area contributed by atoms with E-state index in [-0.39, 0.29) is 29.0 Å². The monoisotopic (exact) mass is 357 g/mol. The average molecular weight is 358 g/mol. The smallest absolute Gasteiger partial charge is 0.353 e. The predicted octanol–water partition coefficient (Wildman–Crippen LogP) is -0.600. The molecule has 9 nitrogen and oxygen atoms in total. The van der Waals surface area contributed by atoms with Crippen LogP contribution in [0.5, 0.6) is 0 Å². The third kappa shape index (κ3) is 2.63. The number of carbonyl (C=O) groups excluding carboxylic acids is 2. The molecule has 0 aliphatic carbocycles. The Bertz CT molecular complexity index is 733. The number of carboxylic acids is 1. The fourth-order valence-corrected chi connectivity index (χ4v) is 3.98. The summed E-state index contributed by atoms with van der Waals surface area (Å²) >= 11 is 7.18. The Morgan fingerprint density at radius 1 is 1.57 bits per heavy atom. The number of nitrogens with zero attached hydrogens (tertiary/aromatic N) is 3. The normalized spacial score (nSPS) is 23.3. The number of aromatic nitrogens is 2. The molecule has 1 aromatic heterocycles. The van der Waals surface area contributed by atoms with Crippen molar-refractivity contribution in [1.29, 1.82) is 0 Å². The molecule has 0 bridgehead atoms. The zero-order chi connectivity index (χ0) is 16.7. The van der Waals surface area contributed by atoms with E-state index in [0.29, 0.717) is 0 Å². The van der Waals surface area contributed by atoms with E-state index in [1.165, 1.54) is 22.5 Å². The molecule has 1 fully saturated rings. The first kappa shape index (κ1) is 15.7. The fraction of sp³-hybridized carbons (Fsp3) is 0.333. The summed E-state index contributed by atoms with van der Waals surface area (Å²) in [5.74, 6) is -1.70. The van der Waals surface area contributed by atoms with Crippen molar-refractivity contribution in [2.45, 2.75) is 18.0 Å². The molecule has 23 heavy (non-hydrogen) atoms. The Labute approximate surface area is 139 Å². The first-order valence-electron chi connectivity index (χ1n) is 6.52. The highest BCUT2D eigenvalue weighted by molar-refractivity contribution is 8.00. The third-order valence-electron chi connectivity index (χ3n) is 3.50. The Hall–Kier alpha value is -2.20. The van der Waals surface area contributed by atoms with Crippen molar-refractivity contribution in [3.63, 3.8) is 0 Å². The predicted molar refractivity (Wildman–Crippen MR) is 82.2 cm³/mol. The maximum atomic E-state index is 12.2. The molecule has 1 aromatic rings. The lowest BCUT2D eigenvalue weighted by Gasteiger charge is -2.48. The standard InChI is InChI=1S/C12H12ClN5O4S/c13-5-4-23-10-7(9(20)18(10)8(5)11(21)22)16-6(19)3-17-2-1-15-12(17)14/h1-2,7,10H,3-4H2,(H2,14,15)(H,16,19)(H,21,22)/t7-,10+/m1/s1. The molecule has 2 aliphatic heterocycles. The summed E-state index contributed by atoms with van der Waals surface area (Å²) in [5.41, 5.74) is 5.36. The minimum absolute atomic E-state index is 0.0740. The zero-order valence-electron chi connectivity index (χ0n) is 11.6. The van der Waals surface area contributed by atoms with Gasteiger partial charge in [-0.2, -0.15) is 0 Å². The van der Waals surface area contributed by atoms with Gasteiger partial charge >= 0.3 is 5.97 Å². The number of nitrogen functional groups attached to an aromatic ring is 1. The summed E-state index contributed by atoms with van der Waals surface area (Å²) in [7, 11) is 0.